The second-order valence-corrected chi connectivity index (χ2v) is 6.59. The number of rotatable bonds is 9. The molecular weight excluding hydrogens is 334 g/mol. The molecule has 0 amide bonds. The Morgan fingerprint density at radius 2 is 2.09 bits per heavy atom. The zero-order valence-corrected chi connectivity index (χ0v) is 13.8. The summed E-state index contributed by atoms with van der Waals surface area (Å²) in [5, 5.41) is 9.02. The van der Waals surface area contributed by atoms with Crippen molar-refractivity contribution < 1.29 is 27.8 Å². The van der Waals surface area contributed by atoms with Crippen LogP contribution in [0.2, 0.25) is 5.02 Å². The Hall–Kier alpha value is -1.35. The summed E-state index contributed by atoms with van der Waals surface area (Å²) in [5.41, 5.74) is 0. The predicted octanol–water partition coefficient (Wildman–Crippen LogP) is 1.51. The molecule has 0 heterocycles. The highest BCUT2D eigenvalue weighted by molar-refractivity contribution is 7.89. The van der Waals surface area contributed by atoms with Gasteiger partial charge in [-0.15, -0.1) is 0 Å². The highest BCUT2D eigenvalue weighted by atomic mass is 35.5. The van der Waals surface area contributed by atoms with Crippen LogP contribution in [0.5, 0.6) is 5.75 Å². The maximum atomic E-state index is 12.3. The number of ether oxygens (including phenoxy) is 2. The van der Waals surface area contributed by atoms with Gasteiger partial charge in [-0.1, -0.05) is 11.6 Å². The van der Waals surface area contributed by atoms with E-state index in [1.165, 1.54) is 25.1 Å². The fraction of sp³-hybridized carbons (Fsp3) is 0.462. The molecule has 0 saturated carbocycles. The predicted molar refractivity (Wildman–Crippen MR) is 80.9 cm³/mol. The average Bonchev–Trinajstić information content (AvgIpc) is 2.44. The molecule has 0 bridgehead atoms. The normalized spacial score (nSPS) is 12.9. The first-order chi connectivity index (χ1) is 10.3. The third-order valence-corrected chi connectivity index (χ3v) is 4.45. The summed E-state index contributed by atoms with van der Waals surface area (Å²) in [6.07, 6.45) is 0.581. The number of hydrogen-bond acceptors (Lipinski definition) is 5. The van der Waals surface area contributed by atoms with Gasteiger partial charge in [0.1, 0.15) is 16.7 Å². The number of halogens is 1. The Bertz CT molecular complexity index is 619. The zero-order chi connectivity index (χ0) is 16.8. The van der Waals surface area contributed by atoms with Crippen LogP contribution in [-0.4, -0.2) is 45.9 Å². The van der Waals surface area contributed by atoms with E-state index in [4.69, 9.17) is 26.2 Å². The van der Waals surface area contributed by atoms with E-state index in [1.54, 1.807) is 7.11 Å². The van der Waals surface area contributed by atoms with E-state index < -0.39 is 22.0 Å². The highest BCUT2D eigenvalue weighted by Crippen LogP contribution is 2.27. The summed E-state index contributed by atoms with van der Waals surface area (Å²) in [6.45, 7) is 1.96. The van der Waals surface area contributed by atoms with Crippen molar-refractivity contribution in [2.75, 3.05) is 20.3 Å². The molecule has 0 spiro atoms. The molecule has 1 aromatic rings. The van der Waals surface area contributed by atoms with Crippen LogP contribution in [0.25, 0.3) is 0 Å². The lowest BCUT2D eigenvalue weighted by Gasteiger charge is -2.14. The van der Waals surface area contributed by atoms with Crippen molar-refractivity contribution in [2.24, 2.45) is 0 Å². The standard InChI is InChI=1S/C13H18ClNO6S/c1-9(13(16)17)15-22(18,19)12-8-10(14)4-5-11(12)21-7-3-6-20-2/h4-5,8-9,15H,3,6-7H2,1-2H3,(H,16,17)/t9-/m0/s1. The molecule has 1 aromatic carbocycles. The van der Waals surface area contributed by atoms with Crippen molar-refractivity contribution in [1.82, 2.24) is 4.72 Å². The van der Waals surface area contributed by atoms with Gasteiger partial charge in [-0.2, -0.15) is 4.72 Å². The van der Waals surface area contributed by atoms with Gasteiger partial charge in [-0.05, 0) is 25.1 Å². The molecule has 22 heavy (non-hydrogen) atoms. The lowest BCUT2D eigenvalue weighted by molar-refractivity contribution is -0.138. The number of hydrogen-bond donors (Lipinski definition) is 2. The minimum absolute atomic E-state index is 0.102. The molecule has 1 atom stereocenters. The Morgan fingerprint density at radius 1 is 1.41 bits per heavy atom. The average molecular weight is 352 g/mol. The summed E-state index contributed by atoms with van der Waals surface area (Å²) < 4.78 is 36.9. The largest absolute Gasteiger partial charge is 0.492 e. The van der Waals surface area contributed by atoms with Crippen molar-refractivity contribution in [1.29, 1.82) is 0 Å². The van der Waals surface area contributed by atoms with Crippen LogP contribution in [0.3, 0.4) is 0 Å². The third kappa shape index (κ3) is 5.45. The number of sulfonamides is 1. The molecule has 0 aliphatic heterocycles. The zero-order valence-electron chi connectivity index (χ0n) is 12.2. The molecular formula is C13H18ClNO6S. The van der Waals surface area contributed by atoms with E-state index in [2.05, 4.69) is 4.72 Å². The van der Waals surface area contributed by atoms with Crippen LogP contribution >= 0.6 is 11.6 Å². The maximum absolute atomic E-state index is 12.3. The number of benzene rings is 1. The van der Waals surface area contributed by atoms with E-state index >= 15 is 0 Å². The fourth-order valence-corrected chi connectivity index (χ4v) is 3.15. The second kappa shape index (κ2) is 8.33. The summed E-state index contributed by atoms with van der Waals surface area (Å²) >= 11 is 5.82. The molecule has 1 rings (SSSR count). The first-order valence-electron chi connectivity index (χ1n) is 6.44. The molecule has 0 fully saturated rings. The van der Waals surface area contributed by atoms with Gasteiger partial charge < -0.3 is 14.6 Å². The molecule has 0 unspecified atom stereocenters. The molecule has 0 aromatic heterocycles. The van der Waals surface area contributed by atoms with Crippen molar-refractivity contribution >= 4 is 27.6 Å². The highest BCUT2D eigenvalue weighted by Gasteiger charge is 2.25. The van der Waals surface area contributed by atoms with Crippen LogP contribution < -0.4 is 9.46 Å². The molecule has 9 heteroatoms. The van der Waals surface area contributed by atoms with Crippen LogP contribution in [0.1, 0.15) is 13.3 Å². The van der Waals surface area contributed by atoms with Crippen LogP contribution in [0, 0.1) is 0 Å². The van der Waals surface area contributed by atoms with E-state index in [1.807, 2.05) is 0 Å². The summed E-state index contributed by atoms with van der Waals surface area (Å²) in [5.74, 6) is -1.18. The van der Waals surface area contributed by atoms with Crippen molar-refractivity contribution in [3.05, 3.63) is 23.2 Å². The van der Waals surface area contributed by atoms with E-state index in [0.29, 0.717) is 13.0 Å². The minimum Gasteiger partial charge on any atom is -0.492 e. The topological polar surface area (TPSA) is 102 Å². The van der Waals surface area contributed by atoms with Crippen LogP contribution in [-0.2, 0) is 19.6 Å². The second-order valence-electron chi connectivity index (χ2n) is 4.47. The fourth-order valence-electron chi connectivity index (χ4n) is 1.54. The van der Waals surface area contributed by atoms with Crippen molar-refractivity contribution in [2.45, 2.75) is 24.3 Å². The summed E-state index contributed by atoms with van der Waals surface area (Å²) in [7, 11) is -2.52. The SMILES string of the molecule is COCCCOc1ccc(Cl)cc1S(=O)(=O)N[C@@H](C)C(=O)O. The number of nitrogens with one attached hydrogen (secondary N) is 1. The smallest absolute Gasteiger partial charge is 0.321 e. The van der Waals surface area contributed by atoms with Gasteiger partial charge in [-0.3, -0.25) is 4.79 Å². The molecule has 2 N–H and O–H groups in total. The van der Waals surface area contributed by atoms with Crippen LogP contribution in [0.15, 0.2) is 23.1 Å². The monoisotopic (exact) mass is 351 g/mol. The van der Waals surface area contributed by atoms with Gasteiger partial charge in [-0.25, -0.2) is 8.42 Å². The lowest BCUT2D eigenvalue weighted by atomic mass is 10.3. The lowest BCUT2D eigenvalue weighted by Crippen LogP contribution is -2.38. The number of carboxylic acids is 1. The Balaban J connectivity index is 3.00. The van der Waals surface area contributed by atoms with Gasteiger partial charge >= 0.3 is 5.97 Å². The van der Waals surface area contributed by atoms with Crippen molar-refractivity contribution in [3.8, 4) is 5.75 Å². The first kappa shape index (κ1) is 18.7. The third-order valence-electron chi connectivity index (χ3n) is 2.65. The first-order valence-corrected chi connectivity index (χ1v) is 8.30. The summed E-state index contributed by atoms with van der Waals surface area (Å²) in [4.78, 5) is 10.6. The molecule has 0 saturated heterocycles. The van der Waals surface area contributed by atoms with Gasteiger partial charge in [0.15, 0.2) is 0 Å². The van der Waals surface area contributed by atoms with Gasteiger partial charge in [0.05, 0.1) is 6.61 Å². The number of carbonyl (C=O) groups is 1. The summed E-state index contributed by atoms with van der Waals surface area (Å²) in [6, 6.07) is 2.86. The quantitative estimate of drug-likeness (QED) is 0.654. The van der Waals surface area contributed by atoms with Crippen molar-refractivity contribution in [3.63, 3.8) is 0 Å². The van der Waals surface area contributed by atoms with E-state index in [9.17, 15) is 13.2 Å². The van der Waals surface area contributed by atoms with Gasteiger partial charge in [0, 0.05) is 25.2 Å². The minimum atomic E-state index is -4.07. The molecule has 7 nitrogen and oxygen atoms in total. The molecule has 124 valence electrons. The number of aliphatic carboxylic acids is 1. The number of carboxylic acid groups (broad SMARTS) is 1. The Labute approximate surface area is 134 Å². The van der Waals surface area contributed by atoms with Gasteiger partial charge in [0.25, 0.3) is 0 Å². The van der Waals surface area contributed by atoms with E-state index in [0.717, 1.165) is 0 Å². The Morgan fingerprint density at radius 3 is 2.68 bits per heavy atom. The number of methoxy groups -OCH3 is 1. The maximum Gasteiger partial charge on any atom is 0.321 e. The van der Waals surface area contributed by atoms with E-state index in [-0.39, 0.29) is 22.3 Å². The Kier molecular flexibility index (Phi) is 7.08. The van der Waals surface area contributed by atoms with Crippen LogP contribution in [0.4, 0.5) is 0 Å². The molecule has 0 aliphatic carbocycles. The van der Waals surface area contributed by atoms with Gasteiger partial charge in [0.2, 0.25) is 10.0 Å². The molecule has 0 aliphatic rings. The molecule has 0 radical (unpaired) electrons.